The number of rotatable bonds is 11. The van der Waals surface area contributed by atoms with Gasteiger partial charge < -0.3 is 14.6 Å². The summed E-state index contributed by atoms with van der Waals surface area (Å²) in [5.74, 6) is -0.524. The van der Waals surface area contributed by atoms with E-state index in [1.54, 1.807) is 22.7 Å². The summed E-state index contributed by atoms with van der Waals surface area (Å²) in [7, 11) is -3.06. The molecule has 4 aromatic rings. The van der Waals surface area contributed by atoms with Crippen LogP contribution in [0.25, 0.3) is 26.9 Å². The lowest BCUT2D eigenvalue weighted by Crippen LogP contribution is -2.09. The van der Waals surface area contributed by atoms with Crippen LogP contribution >= 0.6 is 22.7 Å². The van der Waals surface area contributed by atoms with E-state index in [2.05, 4.69) is 16.9 Å². The number of aromatic amines is 2. The molecule has 0 fully saturated rings. The second-order valence-corrected chi connectivity index (χ2v) is 10.2. The molecular formula is C27H29BF2N2O2S2. The molecule has 36 heavy (non-hydrogen) atoms. The fourth-order valence-electron chi connectivity index (χ4n) is 4.85. The first-order chi connectivity index (χ1) is 17.4. The molecule has 4 heterocycles. The Kier molecular flexibility index (Phi) is 8.31. The first-order valence-electron chi connectivity index (χ1n) is 12.2. The van der Waals surface area contributed by atoms with Gasteiger partial charge in [-0.15, -0.1) is 22.7 Å². The van der Waals surface area contributed by atoms with Crippen molar-refractivity contribution >= 4 is 41.7 Å². The summed E-state index contributed by atoms with van der Waals surface area (Å²) in [6.07, 6.45) is 3.95. The Labute approximate surface area is 218 Å². The van der Waals surface area contributed by atoms with Crippen LogP contribution in [-0.2, 0) is 30.3 Å². The van der Waals surface area contributed by atoms with Gasteiger partial charge in [-0.05, 0) is 70.8 Å². The quantitative estimate of drug-likeness (QED) is 0.0896. The first-order valence-corrected chi connectivity index (χ1v) is 14.0. The SMILES string of the molecule is CCc1c(C(=O)/C=C(/OB(F)F)c2[nH]c(-c3cccs3)c(CC)c2CC)[nH]c(-c2cccs2)c1CC. The highest BCUT2D eigenvalue weighted by atomic mass is 32.1. The molecule has 0 bridgehead atoms. The fraction of sp³-hybridized carbons (Fsp3) is 0.296. The molecule has 0 aliphatic heterocycles. The molecular weight excluding hydrogens is 497 g/mol. The molecule has 0 unspecified atom stereocenters. The molecule has 4 rings (SSSR count). The molecule has 0 atom stereocenters. The zero-order chi connectivity index (χ0) is 25.8. The van der Waals surface area contributed by atoms with E-state index in [9.17, 15) is 13.4 Å². The van der Waals surface area contributed by atoms with Gasteiger partial charge in [0.15, 0.2) is 0 Å². The van der Waals surface area contributed by atoms with Crippen molar-refractivity contribution in [1.82, 2.24) is 9.97 Å². The molecule has 188 valence electrons. The van der Waals surface area contributed by atoms with E-state index in [1.807, 2.05) is 55.8 Å². The first kappa shape index (κ1) is 26.2. The Bertz CT molecular complexity index is 1350. The Morgan fingerprint density at radius 1 is 0.833 bits per heavy atom. The lowest BCUT2D eigenvalue weighted by molar-refractivity contribution is 0.104. The Morgan fingerprint density at radius 3 is 1.72 bits per heavy atom. The molecule has 0 aliphatic rings. The number of thiophene rings is 2. The number of carbonyl (C=O) groups is 1. The summed E-state index contributed by atoms with van der Waals surface area (Å²) in [6, 6.07) is 7.92. The van der Waals surface area contributed by atoms with Crippen molar-refractivity contribution in [2.24, 2.45) is 0 Å². The van der Waals surface area contributed by atoms with Crippen LogP contribution in [-0.4, -0.2) is 23.2 Å². The summed E-state index contributed by atoms with van der Waals surface area (Å²) in [5.41, 5.74) is 6.59. The summed E-state index contributed by atoms with van der Waals surface area (Å²) in [4.78, 5) is 22.3. The predicted molar refractivity (Wildman–Crippen MR) is 147 cm³/mol. The van der Waals surface area contributed by atoms with Crippen LogP contribution in [0.4, 0.5) is 8.63 Å². The van der Waals surface area contributed by atoms with Crippen molar-refractivity contribution in [3.05, 3.63) is 74.7 Å². The third kappa shape index (κ3) is 4.99. The molecule has 4 nitrogen and oxygen atoms in total. The third-order valence-electron chi connectivity index (χ3n) is 6.36. The van der Waals surface area contributed by atoms with Crippen molar-refractivity contribution < 1.29 is 18.1 Å². The maximum absolute atomic E-state index is 13.6. The maximum atomic E-state index is 13.6. The van der Waals surface area contributed by atoms with E-state index in [0.717, 1.165) is 56.2 Å². The molecule has 0 spiro atoms. The monoisotopic (exact) mass is 526 g/mol. The van der Waals surface area contributed by atoms with E-state index in [0.29, 0.717) is 24.2 Å². The lowest BCUT2D eigenvalue weighted by Gasteiger charge is -2.10. The number of ketones is 1. The Balaban J connectivity index is 1.85. The normalized spacial score (nSPS) is 11.8. The average molecular weight is 526 g/mol. The van der Waals surface area contributed by atoms with Gasteiger partial charge in [0, 0.05) is 6.08 Å². The molecule has 0 saturated carbocycles. The third-order valence-corrected chi connectivity index (χ3v) is 8.13. The van der Waals surface area contributed by atoms with Crippen molar-refractivity contribution in [3.8, 4) is 21.1 Å². The standard InChI is InChI=1S/C27H29BF2N2O2S2/c1-5-16-18(7-3)26(22-11-9-13-35-22)31-24(16)20(33)15-21(34-28(29)30)25-17(6-2)19(8-4)27(32-25)23-12-10-14-36-23/h9-15,31-32H,5-8H2,1-4H3/b21-15+. The minimum Gasteiger partial charge on any atom is -0.503 e. The van der Waals surface area contributed by atoms with Crippen molar-refractivity contribution in [3.63, 3.8) is 0 Å². The molecule has 4 aromatic heterocycles. The zero-order valence-corrected chi connectivity index (χ0v) is 22.5. The molecule has 9 heteroatoms. The topological polar surface area (TPSA) is 57.9 Å². The van der Waals surface area contributed by atoms with Crippen molar-refractivity contribution in [2.45, 2.75) is 53.4 Å². The van der Waals surface area contributed by atoms with Crippen molar-refractivity contribution in [2.75, 3.05) is 0 Å². The number of halogens is 2. The number of allylic oxidation sites excluding steroid dienone is 1. The van der Waals surface area contributed by atoms with E-state index < -0.39 is 7.47 Å². The zero-order valence-electron chi connectivity index (χ0n) is 20.8. The van der Waals surface area contributed by atoms with Gasteiger partial charge in [-0.2, -0.15) is 0 Å². The molecule has 0 amide bonds. The van der Waals surface area contributed by atoms with Crippen molar-refractivity contribution in [1.29, 1.82) is 0 Å². The minimum atomic E-state index is -3.06. The highest BCUT2D eigenvalue weighted by Gasteiger charge is 2.28. The minimum absolute atomic E-state index is 0.142. The van der Waals surface area contributed by atoms with Crippen LogP contribution < -0.4 is 0 Å². The molecule has 0 saturated heterocycles. The van der Waals surface area contributed by atoms with Crippen LogP contribution in [0.15, 0.2) is 41.1 Å². The van der Waals surface area contributed by atoms with Crippen LogP contribution in [0, 0.1) is 0 Å². The number of carbonyl (C=O) groups excluding carboxylic acids is 1. The summed E-state index contributed by atoms with van der Waals surface area (Å²) >= 11 is 3.17. The number of H-pyrrole nitrogens is 2. The lowest BCUT2D eigenvalue weighted by atomic mass is 10.00. The van der Waals surface area contributed by atoms with E-state index in [4.69, 9.17) is 4.65 Å². The molecule has 0 aliphatic carbocycles. The highest BCUT2D eigenvalue weighted by molar-refractivity contribution is 7.13. The van der Waals surface area contributed by atoms with Gasteiger partial charge in [0.2, 0.25) is 5.78 Å². The van der Waals surface area contributed by atoms with Crippen LogP contribution in [0.1, 0.15) is 66.1 Å². The van der Waals surface area contributed by atoms with Crippen LogP contribution in [0.2, 0.25) is 0 Å². The predicted octanol–water partition coefficient (Wildman–Crippen LogP) is 8.21. The highest BCUT2D eigenvalue weighted by Crippen LogP contribution is 2.36. The molecule has 0 radical (unpaired) electrons. The molecule has 2 N–H and O–H groups in total. The summed E-state index contributed by atoms with van der Waals surface area (Å²) in [6.45, 7) is 8.07. The Hall–Kier alpha value is -2.91. The summed E-state index contributed by atoms with van der Waals surface area (Å²) in [5, 5.41) is 3.97. The van der Waals surface area contributed by atoms with Gasteiger partial charge in [-0.3, -0.25) is 4.79 Å². The average Bonchev–Trinajstić information content (AvgIpc) is 3.66. The van der Waals surface area contributed by atoms with Gasteiger partial charge in [0.05, 0.1) is 32.5 Å². The van der Waals surface area contributed by atoms with Gasteiger partial charge in [-0.1, -0.05) is 39.8 Å². The number of aromatic nitrogens is 2. The second kappa shape index (κ2) is 11.4. The Morgan fingerprint density at radius 2 is 1.31 bits per heavy atom. The van der Waals surface area contributed by atoms with Gasteiger partial charge >= 0.3 is 7.47 Å². The van der Waals surface area contributed by atoms with E-state index in [-0.39, 0.29) is 11.5 Å². The van der Waals surface area contributed by atoms with Crippen LogP contribution in [0.3, 0.4) is 0 Å². The van der Waals surface area contributed by atoms with Gasteiger partial charge in [0.1, 0.15) is 5.76 Å². The largest absolute Gasteiger partial charge is 0.796 e. The van der Waals surface area contributed by atoms with E-state index >= 15 is 0 Å². The van der Waals surface area contributed by atoms with Crippen LogP contribution in [0.5, 0.6) is 0 Å². The smallest absolute Gasteiger partial charge is 0.503 e. The number of nitrogens with one attached hydrogen (secondary N) is 2. The van der Waals surface area contributed by atoms with E-state index in [1.165, 1.54) is 6.08 Å². The fourth-order valence-corrected chi connectivity index (χ4v) is 6.36. The second-order valence-electron chi connectivity index (χ2n) is 8.28. The van der Waals surface area contributed by atoms with Gasteiger partial charge in [0.25, 0.3) is 0 Å². The maximum Gasteiger partial charge on any atom is 0.796 e. The summed E-state index contributed by atoms with van der Waals surface area (Å²) < 4.78 is 32.1. The number of hydrogen-bond donors (Lipinski definition) is 2. The van der Waals surface area contributed by atoms with Gasteiger partial charge in [-0.25, -0.2) is 8.63 Å². The molecule has 0 aromatic carbocycles. The number of hydrogen-bond acceptors (Lipinski definition) is 4.